The third-order valence-electron chi connectivity index (χ3n) is 11.4. The second kappa shape index (κ2) is 13.8. The Hall–Kier alpha value is -6.69. The van der Waals surface area contributed by atoms with Crippen molar-refractivity contribution in [1.82, 2.24) is 9.13 Å². The fourth-order valence-electron chi connectivity index (χ4n) is 8.68. The lowest BCUT2D eigenvalue weighted by molar-refractivity contribution is 1.18. The molecule has 3 heteroatoms. The summed E-state index contributed by atoms with van der Waals surface area (Å²) in [5.74, 6) is 0. The number of nitrogens with zero attached hydrogens (tertiary/aromatic N) is 2. The van der Waals surface area contributed by atoms with Crippen LogP contribution in [-0.4, -0.2) is 9.13 Å². The molecule has 268 valence electrons. The van der Waals surface area contributed by atoms with E-state index in [9.17, 15) is 0 Å². The van der Waals surface area contributed by atoms with Gasteiger partial charge in [-0.1, -0.05) is 152 Å². The van der Waals surface area contributed by atoms with E-state index >= 15 is 0 Å². The maximum absolute atomic E-state index is 2.53. The second-order valence-corrected chi connectivity index (χ2v) is 15.7. The van der Waals surface area contributed by atoms with Gasteiger partial charge in [0.05, 0.1) is 22.1 Å². The largest absolute Gasteiger partial charge is 0.309 e. The minimum absolute atomic E-state index is 1.18. The van der Waals surface area contributed by atoms with Crippen molar-refractivity contribution in [3.05, 3.63) is 216 Å². The monoisotopic (exact) mass is 838 g/mol. The first-order chi connectivity index (χ1) is 28.2. The van der Waals surface area contributed by atoms with Gasteiger partial charge in [-0.2, -0.15) is 0 Å². The van der Waals surface area contributed by atoms with Gasteiger partial charge >= 0.3 is 0 Å². The van der Waals surface area contributed by atoms with Crippen LogP contribution in [-0.2, 0) is 0 Å². The third-order valence-corrected chi connectivity index (χ3v) is 12.6. The molecule has 0 N–H and O–H groups in total. The van der Waals surface area contributed by atoms with Crippen molar-refractivity contribution in [1.29, 1.82) is 0 Å². The molecule has 0 bridgehead atoms. The fraction of sp³-hybridized carbons (Fsp3) is 0. The molecule has 0 amide bonds. The zero-order valence-electron chi connectivity index (χ0n) is 31.0. The van der Waals surface area contributed by atoms with Crippen molar-refractivity contribution in [2.24, 2.45) is 0 Å². The van der Waals surface area contributed by atoms with E-state index in [2.05, 4.69) is 244 Å². The van der Waals surface area contributed by atoms with Crippen molar-refractivity contribution in [3.8, 4) is 55.9 Å². The number of rotatable bonds is 6. The molecule has 0 radical (unpaired) electrons. The zero-order valence-corrected chi connectivity index (χ0v) is 33.1. The van der Waals surface area contributed by atoms with Crippen LogP contribution in [0.2, 0.25) is 0 Å². The Bertz CT molecular complexity index is 3050. The minimum atomic E-state index is 1.18. The fourth-order valence-corrected chi connectivity index (χ4v) is 9.66. The molecule has 0 fully saturated rings. The van der Waals surface area contributed by atoms with Gasteiger partial charge in [-0.05, 0) is 128 Å². The normalized spacial score (nSPS) is 11.6. The Kier molecular flexibility index (Phi) is 8.14. The molecule has 0 saturated carbocycles. The zero-order chi connectivity index (χ0) is 37.9. The summed E-state index contributed by atoms with van der Waals surface area (Å²) in [6.07, 6.45) is 0. The summed E-state index contributed by atoms with van der Waals surface area (Å²) in [6.45, 7) is 0. The Morgan fingerprint density at radius 1 is 0.263 bits per heavy atom. The van der Waals surface area contributed by atoms with E-state index in [0.29, 0.717) is 0 Å². The van der Waals surface area contributed by atoms with E-state index in [1.165, 1.54) is 103 Å². The number of benzene rings is 9. The Balaban J connectivity index is 0.896. The van der Waals surface area contributed by atoms with E-state index in [0.717, 1.165) is 0 Å². The Morgan fingerprint density at radius 3 is 1.05 bits per heavy atom. The molecular weight excluding hydrogens is 804 g/mol. The molecule has 11 rings (SSSR count). The molecule has 57 heavy (non-hydrogen) atoms. The first-order valence-corrected chi connectivity index (χ1v) is 20.4. The van der Waals surface area contributed by atoms with Gasteiger partial charge in [0, 0.05) is 36.5 Å². The van der Waals surface area contributed by atoms with Gasteiger partial charge in [-0.3, -0.25) is 0 Å². The first-order valence-electron chi connectivity index (χ1n) is 19.4. The molecule has 0 aliphatic carbocycles. The molecule has 0 aliphatic rings. The van der Waals surface area contributed by atoms with Crippen molar-refractivity contribution < 1.29 is 0 Å². The number of fused-ring (bicyclic) bond motifs is 6. The number of hydrogen-bond acceptors (Lipinski definition) is 0. The van der Waals surface area contributed by atoms with Crippen LogP contribution in [0.3, 0.4) is 0 Å². The molecule has 0 aliphatic heterocycles. The molecule has 2 aromatic heterocycles. The Labute approximate surface area is 345 Å². The highest BCUT2D eigenvalue weighted by molar-refractivity contribution is 14.1. The molecule has 2 nitrogen and oxygen atoms in total. The molecular formula is C54H35IN2. The van der Waals surface area contributed by atoms with Gasteiger partial charge in [0.15, 0.2) is 0 Å². The predicted molar refractivity (Wildman–Crippen MR) is 250 cm³/mol. The van der Waals surface area contributed by atoms with E-state index in [-0.39, 0.29) is 0 Å². The van der Waals surface area contributed by atoms with Crippen LogP contribution in [0.25, 0.3) is 99.5 Å². The van der Waals surface area contributed by atoms with E-state index in [1.807, 2.05) is 0 Å². The molecule has 0 spiro atoms. The average molecular weight is 839 g/mol. The average Bonchev–Trinajstić information content (AvgIpc) is 3.79. The van der Waals surface area contributed by atoms with Crippen LogP contribution in [0.5, 0.6) is 0 Å². The topological polar surface area (TPSA) is 9.86 Å². The summed E-state index contributed by atoms with van der Waals surface area (Å²) in [7, 11) is 0. The maximum atomic E-state index is 2.53. The summed E-state index contributed by atoms with van der Waals surface area (Å²) < 4.78 is 5.98. The molecule has 9 aromatic carbocycles. The second-order valence-electron chi connectivity index (χ2n) is 14.7. The van der Waals surface area contributed by atoms with Crippen molar-refractivity contribution in [3.63, 3.8) is 0 Å². The molecule has 2 heterocycles. The Morgan fingerprint density at radius 2 is 0.614 bits per heavy atom. The van der Waals surface area contributed by atoms with Crippen molar-refractivity contribution in [2.45, 2.75) is 0 Å². The number of hydrogen-bond donors (Lipinski definition) is 0. The van der Waals surface area contributed by atoms with Crippen LogP contribution in [0, 0.1) is 3.57 Å². The van der Waals surface area contributed by atoms with Crippen LogP contribution in [0.4, 0.5) is 0 Å². The summed E-state index contributed by atoms with van der Waals surface area (Å²) in [5, 5.41) is 5.06. The van der Waals surface area contributed by atoms with Crippen molar-refractivity contribution in [2.75, 3.05) is 0 Å². The summed E-state index contributed by atoms with van der Waals surface area (Å²) in [5.41, 5.74) is 17.0. The lowest BCUT2D eigenvalue weighted by atomic mass is 9.95. The van der Waals surface area contributed by atoms with Crippen LogP contribution < -0.4 is 0 Å². The lowest BCUT2D eigenvalue weighted by Crippen LogP contribution is -1.92. The van der Waals surface area contributed by atoms with Crippen molar-refractivity contribution >= 4 is 66.2 Å². The van der Waals surface area contributed by atoms with E-state index in [1.54, 1.807) is 0 Å². The summed E-state index contributed by atoms with van der Waals surface area (Å²) in [6, 6.07) is 77.2. The molecule has 11 aromatic rings. The quantitative estimate of drug-likeness (QED) is 0.148. The van der Waals surface area contributed by atoms with Gasteiger partial charge in [-0.25, -0.2) is 0 Å². The smallest absolute Gasteiger partial charge is 0.0541 e. The molecule has 0 unspecified atom stereocenters. The van der Waals surface area contributed by atoms with Gasteiger partial charge in [0.1, 0.15) is 0 Å². The summed E-state index contributed by atoms with van der Waals surface area (Å²) >= 11 is 2.53. The number of para-hydroxylation sites is 4. The standard InChI is InChI=1S/C54H35IN2/c55-54-44(38-26-22-36(23-27-38)40-30-32-52-48(34-40)46-16-7-9-20-50(46)56(52)42-12-3-1-4-13-42)18-11-19-45(54)39-28-24-37(25-29-39)41-31-33-53-49(35-41)47-17-8-10-21-51(47)57(53)43-14-5-2-6-15-43/h1-35H. The van der Waals surface area contributed by atoms with Gasteiger partial charge < -0.3 is 9.13 Å². The third kappa shape index (κ3) is 5.69. The highest BCUT2D eigenvalue weighted by atomic mass is 127. The highest BCUT2D eigenvalue weighted by Gasteiger charge is 2.16. The van der Waals surface area contributed by atoms with Crippen LogP contribution in [0.15, 0.2) is 212 Å². The SMILES string of the molecule is Ic1c(-c2ccc(-c3ccc4c(c3)c3ccccc3n4-c3ccccc3)cc2)cccc1-c1ccc(-c2ccc3c(c2)c2ccccc2n3-c2ccccc2)cc1. The first kappa shape index (κ1) is 33.6. The molecule has 0 atom stereocenters. The highest BCUT2D eigenvalue weighted by Crippen LogP contribution is 2.39. The maximum Gasteiger partial charge on any atom is 0.0541 e. The van der Waals surface area contributed by atoms with Gasteiger partial charge in [0.25, 0.3) is 0 Å². The lowest BCUT2D eigenvalue weighted by Gasteiger charge is -2.13. The summed E-state index contributed by atoms with van der Waals surface area (Å²) in [4.78, 5) is 0. The van der Waals surface area contributed by atoms with E-state index in [4.69, 9.17) is 0 Å². The van der Waals surface area contributed by atoms with E-state index < -0.39 is 0 Å². The van der Waals surface area contributed by atoms with Crippen LogP contribution in [0.1, 0.15) is 0 Å². The van der Waals surface area contributed by atoms with Gasteiger partial charge in [-0.15, -0.1) is 0 Å². The van der Waals surface area contributed by atoms with Gasteiger partial charge in [0.2, 0.25) is 0 Å². The number of aromatic nitrogens is 2. The molecule has 0 saturated heterocycles. The van der Waals surface area contributed by atoms with Crippen LogP contribution >= 0.6 is 22.6 Å². The minimum Gasteiger partial charge on any atom is -0.309 e. The predicted octanol–water partition coefficient (Wildman–Crippen LogP) is 15.2. The number of halogens is 1.